The topological polar surface area (TPSA) is 30.7 Å². The van der Waals surface area contributed by atoms with Crippen LogP contribution in [0.15, 0.2) is 30.6 Å². The third-order valence-corrected chi connectivity index (χ3v) is 2.18. The number of hydrogen-bond donors (Lipinski definition) is 0. The van der Waals surface area contributed by atoms with E-state index in [0.29, 0.717) is 0 Å². The monoisotopic (exact) mass is 187 g/mol. The van der Waals surface area contributed by atoms with Gasteiger partial charge in [-0.2, -0.15) is 5.10 Å². The van der Waals surface area contributed by atoms with E-state index in [9.17, 15) is 0 Å². The molecule has 0 radical (unpaired) electrons. The van der Waals surface area contributed by atoms with Crippen molar-refractivity contribution in [3.05, 3.63) is 36.3 Å². The van der Waals surface area contributed by atoms with Crippen LogP contribution >= 0.6 is 0 Å². The molecule has 72 valence electrons. The highest BCUT2D eigenvalue weighted by Crippen LogP contribution is 2.19. The van der Waals surface area contributed by atoms with Crippen LogP contribution in [-0.2, 0) is 6.54 Å². The van der Waals surface area contributed by atoms with Crippen molar-refractivity contribution in [2.75, 3.05) is 0 Å². The van der Waals surface area contributed by atoms with E-state index in [4.69, 9.17) is 0 Å². The fourth-order valence-electron chi connectivity index (χ4n) is 1.54. The van der Waals surface area contributed by atoms with Crippen LogP contribution in [0.25, 0.3) is 11.3 Å². The Kier molecular flexibility index (Phi) is 2.31. The molecule has 0 N–H and O–H groups in total. The van der Waals surface area contributed by atoms with Crippen LogP contribution in [0, 0.1) is 6.92 Å². The molecule has 0 aliphatic heterocycles. The molecule has 0 saturated carbocycles. The van der Waals surface area contributed by atoms with Crippen LogP contribution in [0.3, 0.4) is 0 Å². The van der Waals surface area contributed by atoms with Gasteiger partial charge in [0.2, 0.25) is 0 Å². The first-order chi connectivity index (χ1) is 6.81. The molecular weight excluding hydrogens is 174 g/mol. The maximum atomic E-state index is 4.40. The number of aromatic nitrogens is 3. The fraction of sp³-hybridized carbons (Fsp3) is 0.273. The standard InChI is InChI=1S/C11H13N3/c1-3-14-11(8-9(2)13-14)10-4-6-12-7-5-10/h4-8H,3H2,1-2H3. The summed E-state index contributed by atoms with van der Waals surface area (Å²) in [5, 5.41) is 4.40. The second-order valence-electron chi connectivity index (χ2n) is 3.22. The van der Waals surface area contributed by atoms with Gasteiger partial charge in [0.1, 0.15) is 0 Å². The Labute approximate surface area is 83.4 Å². The van der Waals surface area contributed by atoms with E-state index >= 15 is 0 Å². The van der Waals surface area contributed by atoms with E-state index < -0.39 is 0 Å². The third-order valence-electron chi connectivity index (χ3n) is 2.18. The minimum absolute atomic E-state index is 0.894. The molecule has 0 amide bonds. The van der Waals surface area contributed by atoms with Gasteiger partial charge < -0.3 is 0 Å². The Morgan fingerprint density at radius 1 is 1.29 bits per heavy atom. The summed E-state index contributed by atoms with van der Waals surface area (Å²) >= 11 is 0. The quantitative estimate of drug-likeness (QED) is 0.722. The summed E-state index contributed by atoms with van der Waals surface area (Å²) in [5.74, 6) is 0. The molecule has 2 heterocycles. The Morgan fingerprint density at radius 2 is 2.00 bits per heavy atom. The lowest BCUT2D eigenvalue weighted by Gasteiger charge is -2.03. The third kappa shape index (κ3) is 1.53. The smallest absolute Gasteiger partial charge is 0.0686 e. The van der Waals surface area contributed by atoms with Gasteiger partial charge in [-0.1, -0.05) is 0 Å². The van der Waals surface area contributed by atoms with Gasteiger partial charge >= 0.3 is 0 Å². The summed E-state index contributed by atoms with van der Waals surface area (Å²) in [6.07, 6.45) is 3.61. The molecule has 0 atom stereocenters. The SMILES string of the molecule is CCn1nc(C)cc1-c1ccncc1. The average Bonchev–Trinajstić information content (AvgIpc) is 2.61. The normalized spacial score (nSPS) is 10.4. The molecule has 0 saturated heterocycles. The van der Waals surface area contributed by atoms with Gasteiger partial charge in [0, 0.05) is 24.5 Å². The molecule has 0 aliphatic rings. The van der Waals surface area contributed by atoms with E-state index in [2.05, 4.69) is 23.1 Å². The van der Waals surface area contributed by atoms with Crippen molar-refractivity contribution in [3.8, 4) is 11.3 Å². The molecule has 0 bridgehead atoms. The van der Waals surface area contributed by atoms with Crippen LogP contribution in [0.4, 0.5) is 0 Å². The predicted molar refractivity (Wildman–Crippen MR) is 55.9 cm³/mol. The summed E-state index contributed by atoms with van der Waals surface area (Å²) in [7, 11) is 0. The Morgan fingerprint density at radius 3 is 2.64 bits per heavy atom. The second kappa shape index (κ2) is 3.62. The number of hydrogen-bond acceptors (Lipinski definition) is 2. The first-order valence-electron chi connectivity index (χ1n) is 4.76. The first kappa shape index (κ1) is 8.94. The van der Waals surface area contributed by atoms with Crippen LogP contribution in [0.5, 0.6) is 0 Å². The average molecular weight is 187 g/mol. The van der Waals surface area contributed by atoms with E-state index in [1.54, 1.807) is 12.4 Å². The summed E-state index contributed by atoms with van der Waals surface area (Å²) in [6.45, 7) is 5.00. The molecule has 0 unspecified atom stereocenters. The van der Waals surface area contributed by atoms with Gasteiger partial charge in [-0.05, 0) is 32.0 Å². The highest BCUT2D eigenvalue weighted by atomic mass is 15.3. The molecule has 3 heteroatoms. The molecule has 2 aromatic rings. The van der Waals surface area contributed by atoms with Gasteiger partial charge in [-0.3, -0.25) is 9.67 Å². The highest BCUT2D eigenvalue weighted by molar-refractivity contribution is 5.59. The summed E-state index contributed by atoms with van der Waals surface area (Å²) < 4.78 is 2.00. The molecule has 14 heavy (non-hydrogen) atoms. The largest absolute Gasteiger partial charge is 0.265 e. The highest BCUT2D eigenvalue weighted by Gasteiger charge is 2.05. The molecule has 3 nitrogen and oxygen atoms in total. The van der Waals surface area contributed by atoms with Gasteiger partial charge in [0.05, 0.1) is 11.4 Å². The molecule has 0 aromatic carbocycles. The number of aryl methyl sites for hydroxylation is 2. The lowest BCUT2D eigenvalue weighted by molar-refractivity contribution is 0.660. The fourth-order valence-corrected chi connectivity index (χ4v) is 1.54. The summed E-state index contributed by atoms with van der Waals surface area (Å²) in [4.78, 5) is 4.00. The lowest BCUT2D eigenvalue weighted by atomic mass is 10.2. The Hall–Kier alpha value is -1.64. The van der Waals surface area contributed by atoms with E-state index in [1.807, 2.05) is 23.7 Å². The van der Waals surface area contributed by atoms with Gasteiger partial charge in [0.15, 0.2) is 0 Å². The molecule has 0 fully saturated rings. The van der Waals surface area contributed by atoms with Gasteiger partial charge in [-0.25, -0.2) is 0 Å². The van der Waals surface area contributed by atoms with Crippen LogP contribution in [0.2, 0.25) is 0 Å². The molecular formula is C11H13N3. The molecule has 0 aliphatic carbocycles. The molecule has 0 spiro atoms. The van der Waals surface area contributed by atoms with E-state index in [1.165, 1.54) is 5.56 Å². The van der Waals surface area contributed by atoms with Crippen molar-refractivity contribution in [2.45, 2.75) is 20.4 Å². The Bertz CT molecular complexity index is 417. The van der Waals surface area contributed by atoms with E-state index in [-0.39, 0.29) is 0 Å². The molecule has 2 aromatic heterocycles. The number of rotatable bonds is 2. The van der Waals surface area contributed by atoms with Crippen molar-refractivity contribution in [3.63, 3.8) is 0 Å². The van der Waals surface area contributed by atoms with Gasteiger partial charge in [-0.15, -0.1) is 0 Å². The van der Waals surface area contributed by atoms with Crippen LogP contribution in [-0.4, -0.2) is 14.8 Å². The summed E-state index contributed by atoms with van der Waals surface area (Å²) in [6, 6.07) is 6.10. The van der Waals surface area contributed by atoms with Crippen molar-refractivity contribution < 1.29 is 0 Å². The maximum absolute atomic E-state index is 4.40. The zero-order chi connectivity index (χ0) is 9.97. The zero-order valence-corrected chi connectivity index (χ0v) is 8.44. The van der Waals surface area contributed by atoms with Crippen LogP contribution < -0.4 is 0 Å². The zero-order valence-electron chi connectivity index (χ0n) is 8.44. The minimum Gasteiger partial charge on any atom is -0.265 e. The van der Waals surface area contributed by atoms with Gasteiger partial charge in [0.25, 0.3) is 0 Å². The first-order valence-corrected chi connectivity index (χ1v) is 4.76. The Balaban J connectivity index is 2.51. The van der Waals surface area contributed by atoms with E-state index in [0.717, 1.165) is 17.9 Å². The number of nitrogens with zero attached hydrogens (tertiary/aromatic N) is 3. The van der Waals surface area contributed by atoms with Crippen LogP contribution in [0.1, 0.15) is 12.6 Å². The van der Waals surface area contributed by atoms with Crippen molar-refractivity contribution in [1.29, 1.82) is 0 Å². The lowest BCUT2D eigenvalue weighted by Crippen LogP contribution is -1.98. The molecule has 2 rings (SSSR count). The maximum Gasteiger partial charge on any atom is 0.0686 e. The summed E-state index contributed by atoms with van der Waals surface area (Å²) in [5.41, 5.74) is 3.38. The predicted octanol–water partition coefficient (Wildman–Crippen LogP) is 2.27. The number of pyridine rings is 1. The second-order valence-corrected chi connectivity index (χ2v) is 3.22. The van der Waals surface area contributed by atoms with Crippen molar-refractivity contribution in [2.24, 2.45) is 0 Å². The minimum atomic E-state index is 0.894. The van der Waals surface area contributed by atoms with Crippen molar-refractivity contribution >= 4 is 0 Å². The van der Waals surface area contributed by atoms with Crippen molar-refractivity contribution in [1.82, 2.24) is 14.8 Å².